The topological polar surface area (TPSA) is 45.7 Å². The first kappa shape index (κ1) is 16.5. The number of nitrogens with one attached hydrogen (secondary N) is 2. The lowest BCUT2D eigenvalue weighted by Crippen LogP contribution is -2.38. The molecule has 0 spiro atoms. The maximum Gasteiger partial charge on any atom is 0.191 e. The highest BCUT2D eigenvalue weighted by atomic mass is 19.1. The van der Waals surface area contributed by atoms with Gasteiger partial charge in [-0.3, -0.25) is 0 Å². The van der Waals surface area contributed by atoms with E-state index in [-0.39, 0.29) is 5.82 Å². The molecule has 0 fully saturated rings. The van der Waals surface area contributed by atoms with Crippen LogP contribution < -0.4 is 10.6 Å². The first-order chi connectivity index (χ1) is 10.8. The normalized spacial score (nSPS) is 15.4. The Balaban J connectivity index is 1.83. The van der Waals surface area contributed by atoms with Crippen LogP contribution in [0.5, 0.6) is 0 Å². The zero-order valence-corrected chi connectivity index (χ0v) is 13.1. The maximum atomic E-state index is 13.2. The molecule has 120 valence electrons. The number of hydrogen-bond acceptors (Lipinski definition) is 2. The third-order valence-corrected chi connectivity index (χ3v) is 3.45. The number of hydrogen-bond donors (Lipinski definition) is 2. The number of nitrogens with zero attached hydrogens (tertiary/aromatic N) is 1. The monoisotopic (exact) mass is 305 g/mol. The summed E-state index contributed by atoms with van der Waals surface area (Å²) in [5.41, 5.74) is 2.30. The van der Waals surface area contributed by atoms with Crippen LogP contribution in [0, 0.1) is 5.82 Å². The van der Waals surface area contributed by atoms with Gasteiger partial charge in [-0.2, -0.15) is 0 Å². The molecule has 0 unspecified atom stereocenters. The van der Waals surface area contributed by atoms with Crippen molar-refractivity contribution in [3.8, 4) is 0 Å². The molecule has 4 nitrogen and oxygen atoms in total. The van der Waals surface area contributed by atoms with Crippen molar-refractivity contribution in [2.45, 2.75) is 26.3 Å². The molecule has 2 rings (SSSR count). The fourth-order valence-corrected chi connectivity index (χ4v) is 2.28. The number of aliphatic imine (C=N–C) groups is 1. The first-order valence-electron chi connectivity index (χ1n) is 7.80. The Labute approximate surface area is 131 Å². The first-order valence-corrected chi connectivity index (χ1v) is 7.80. The van der Waals surface area contributed by atoms with Gasteiger partial charge in [0.2, 0.25) is 0 Å². The molecule has 5 heteroatoms. The largest absolute Gasteiger partial charge is 0.377 e. The predicted molar refractivity (Wildman–Crippen MR) is 87.4 cm³/mol. The van der Waals surface area contributed by atoms with Crippen molar-refractivity contribution in [3.05, 3.63) is 47.3 Å². The number of rotatable bonds is 6. The van der Waals surface area contributed by atoms with Gasteiger partial charge in [0.05, 0.1) is 19.8 Å². The fraction of sp³-hybridized carbons (Fsp3) is 0.471. The smallest absolute Gasteiger partial charge is 0.191 e. The minimum Gasteiger partial charge on any atom is -0.377 e. The van der Waals surface area contributed by atoms with Crippen molar-refractivity contribution in [2.75, 3.05) is 26.3 Å². The molecule has 1 aliphatic heterocycles. The van der Waals surface area contributed by atoms with E-state index in [2.05, 4.69) is 21.7 Å². The Morgan fingerprint density at radius 2 is 2.27 bits per heavy atom. The van der Waals surface area contributed by atoms with Crippen LogP contribution in [0.4, 0.5) is 4.39 Å². The molecule has 22 heavy (non-hydrogen) atoms. The average Bonchev–Trinajstić information content (AvgIpc) is 2.54. The van der Waals surface area contributed by atoms with Crippen LogP contribution in [0.25, 0.3) is 0 Å². The highest BCUT2D eigenvalue weighted by molar-refractivity contribution is 5.79. The number of ether oxygens (including phenoxy) is 1. The molecule has 0 aliphatic carbocycles. The van der Waals surface area contributed by atoms with Gasteiger partial charge in [-0.1, -0.05) is 23.8 Å². The van der Waals surface area contributed by atoms with Crippen LogP contribution >= 0.6 is 0 Å². The molecular formula is C17H24FN3O. The van der Waals surface area contributed by atoms with E-state index in [9.17, 15) is 4.39 Å². The van der Waals surface area contributed by atoms with Crippen LogP contribution in [0.15, 0.2) is 40.9 Å². The highest BCUT2D eigenvalue weighted by Gasteiger charge is 2.04. The van der Waals surface area contributed by atoms with Gasteiger partial charge in [0.25, 0.3) is 0 Å². The molecule has 0 amide bonds. The summed E-state index contributed by atoms with van der Waals surface area (Å²) in [6.45, 7) is 5.67. The van der Waals surface area contributed by atoms with Gasteiger partial charge in [-0.05, 0) is 37.5 Å². The Morgan fingerprint density at radius 1 is 1.36 bits per heavy atom. The molecule has 1 heterocycles. The van der Waals surface area contributed by atoms with Gasteiger partial charge in [-0.15, -0.1) is 0 Å². The van der Waals surface area contributed by atoms with Gasteiger partial charge in [0.1, 0.15) is 5.82 Å². The number of benzene rings is 1. The highest BCUT2D eigenvalue weighted by Crippen LogP contribution is 2.10. The summed E-state index contributed by atoms with van der Waals surface area (Å²) in [5, 5.41) is 6.52. The third-order valence-electron chi connectivity index (χ3n) is 3.45. The summed E-state index contributed by atoms with van der Waals surface area (Å²) in [6.07, 6.45) is 4.16. The second-order valence-electron chi connectivity index (χ2n) is 5.19. The van der Waals surface area contributed by atoms with Gasteiger partial charge < -0.3 is 15.4 Å². The van der Waals surface area contributed by atoms with Crippen molar-refractivity contribution in [2.24, 2.45) is 4.99 Å². The second-order valence-corrected chi connectivity index (χ2v) is 5.19. The summed E-state index contributed by atoms with van der Waals surface area (Å²) < 4.78 is 18.5. The minimum atomic E-state index is -0.225. The standard InChI is InChI=1S/C17H24FN3O/c1-2-19-17(20-9-6-14-7-10-22-11-8-14)21-13-15-4-3-5-16(18)12-15/h3-5,7,12H,2,6,8-11,13H2,1H3,(H2,19,20,21). The van der Waals surface area contributed by atoms with Crippen LogP contribution in [-0.2, 0) is 11.3 Å². The molecule has 1 aromatic carbocycles. The van der Waals surface area contributed by atoms with Crippen LogP contribution in [0.1, 0.15) is 25.3 Å². The molecule has 0 saturated heterocycles. The zero-order valence-electron chi connectivity index (χ0n) is 13.1. The number of halogens is 1. The quantitative estimate of drug-likeness (QED) is 0.482. The molecule has 0 atom stereocenters. The van der Waals surface area contributed by atoms with Crippen molar-refractivity contribution in [1.82, 2.24) is 10.6 Å². The molecule has 1 aromatic rings. The summed E-state index contributed by atoms with van der Waals surface area (Å²) in [6, 6.07) is 6.54. The van der Waals surface area contributed by atoms with E-state index < -0.39 is 0 Å². The molecule has 0 radical (unpaired) electrons. The Bertz CT molecular complexity index is 528. The SMILES string of the molecule is CCNC(=NCc1cccc(F)c1)NCCC1=CCOCC1. The van der Waals surface area contributed by atoms with Gasteiger partial charge >= 0.3 is 0 Å². The van der Waals surface area contributed by atoms with Crippen LogP contribution in [0.2, 0.25) is 0 Å². The van der Waals surface area contributed by atoms with E-state index in [0.29, 0.717) is 6.54 Å². The van der Waals surface area contributed by atoms with E-state index >= 15 is 0 Å². The molecule has 0 bridgehead atoms. The summed E-state index contributed by atoms with van der Waals surface area (Å²) in [5.74, 6) is 0.538. The van der Waals surface area contributed by atoms with Crippen LogP contribution in [-0.4, -0.2) is 32.3 Å². The Kier molecular flexibility index (Phi) is 6.90. The molecule has 1 aliphatic rings. The number of guanidine groups is 1. The lowest BCUT2D eigenvalue weighted by atomic mass is 10.1. The maximum absolute atomic E-state index is 13.2. The third kappa shape index (κ3) is 5.85. The molecule has 0 saturated carbocycles. The second kappa shape index (κ2) is 9.20. The van der Waals surface area contributed by atoms with Gasteiger partial charge in [0.15, 0.2) is 5.96 Å². The van der Waals surface area contributed by atoms with E-state index in [1.54, 1.807) is 6.07 Å². The predicted octanol–water partition coefficient (Wildman–Crippen LogP) is 2.62. The van der Waals surface area contributed by atoms with Crippen LogP contribution in [0.3, 0.4) is 0 Å². The van der Waals surface area contributed by atoms with Gasteiger partial charge in [-0.25, -0.2) is 9.38 Å². The van der Waals surface area contributed by atoms with Crippen molar-refractivity contribution < 1.29 is 9.13 Å². The summed E-state index contributed by atoms with van der Waals surface area (Å²) in [4.78, 5) is 4.49. The molecule has 0 aromatic heterocycles. The van der Waals surface area contributed by atoms with E-state index in [0.717, 1.165) is 50.7 Å². The minimum absolute atomic E-state index is 0.225. The average molecular weight is 305 g/mol. The van der Waals surface area contributed by atoms with Crippen molar-refractivity contribution >= 4 is 5.96 Å². The lowest BCUT2D eigenvalue weighted by molar-refractivity contribution is 0.153. The van der Waals surface area contributed by atoms with E-state index in [1.807, 2.05) is 13.0 Å². The van der Waals surface area contributed by atoms with E-state index in [1.165, 1.54) is 17.7 Å². The molecular weight excluding hydrogens is 281 g/mol. The Morgan fingerprint density at radius 3 is 3.00 bits per heavy atom. The van der Waals surface area contributed by atoms with Crippen molar-refractivity contribution in [1.29, 1.82) is 0 Å². The lowest BCUT2D eigenvalue weighted by Gasteiger charge is -2.15. The summed E-state index contributed by atoms with van der Waals surface area (Å²) in [7, 11) is 0. The fourth-order valence-electron chi connectivity index (χ4n) is 2.28. The molecule has 2 N–H and O–H groups in total. The summed E-state index contributed by atoms with van der Waals surface area (Å²) >= 11 is 0. The Hall–Kier alpha value is -1.88. The van der Waals surface area contributed by atoms with E-state index in [4.69, 9.17) is 4.74 Å². The van der Waals surface area contributed by atoms with Gasteiger partial charge in [0, 0.05) is 13.1 Å². The van der Waals surface area contributed by atoms with Crippen molar-refractivity contribution in [3.63, 3.8) is 0 Å². The zero-order chi connectivity index (χ0) is 15.6.